The van der Waals surface area contributed by atoms with Gasteiger partial charge in [-0.1, -0.05) is 0 Å². The van der Waals surface area contributed by atoms with Gasteiger partial charge in [-0.25, -0.2) is 13.2 Å². The number of carbonyl (C=O) groups is 1. The molecule has 7 nitrogen and oxygen atoms in total. The molecule has 1 aliphatic heterocycles. The maximum absolute atomic E-state index is 13.9. The molecule has 210 valence electrons. The summed E-state index contributed by atoms with van der Waals surface area (Å²) in [7, 11) is 1.60. The van der Waals surface area contributed by atoms with Crippen molar-refractivity contribution in [2.45, 2.75) is 45.1 Å². The maximum atomic E-state index is 13.9. The summed E-state index contributed by atoms with van der Waals surface area (Å²) in [6.45, 7) is 1.99. The number of nitrogens with zero attached hydrogens (tertiary/aromatic N) is 2. The molecule has 2 aromatic carbocycles. The maximum Gasteiger partial charge on any atom is 0.303 e. The number of carboxylic acids is 1. The molecule has 0 amide bonds. The summed E-state index contributed by atoms with van der Waals surface area (Å²) >= 11 is 0. The number of aliphatic hydroxyl groups is 1. The fraction of sp³-hybridized carbons (Fsp3) is 0.448. The average Bonchev–Trinajstić information content (AvgIpc) is 2.90. The van der Waals surface area contributed by atoms with Gasteiger partial charge in [0.2, 0.25) is 0 Å². The third-order valence-corrected chi connectivity index (χ3v) is 7.76. The van der Waals surface area contributed by atoms with Crippen molar-refractivity contribution < 1.29 is 32.9 Å². The van der Waals surface area contributed by atoms with E-state index in [4.69, 9.17) is 4.74 Å². The van der Waals surface area contributed by atoms with Crippen LogP contribution in [0.15, 0.2) is 36.5 Å². The lowest BCUT2D eigenvalue weighted by Gasteiger charge is -2.41. The van der Waals surface area contributed by atoms with Crippen molar-refractivity contribution in [1.29, 1.82) is 0 Å². The van der Waals surface area contributed by atoms with Crippen LogP contribution in [0.25, 0.3) is 10.9 Å². The average molecular weight is 546 g/mol. The lowest BCUT2D eigenvalue weighted by atomic mass is 9.72. The zero-order valence-corrected chi connectivity index (χ0v) is 22.0. The van der Waals surface area contributed by atoms with E-state index in [1.807, 2.05) is 18.2 Å². The number of fused-ring (bicyclic) bond motifs is 1. The molecule has 3 N–H and O–H groups in total. The van der Waals surface area contributed by atoms with E-state index < -0.39 is 23.4 Å². The van der Waals surface area contributed by atoms with E-state index in [-0.39, 0.29) is 30.7 Å². The first-order chi connectivity index (χ1) is 18.7. The molecule has 0 saturated carbocycles. The number of halogens is 3. The molecule has 0 radical (unpaired) electrons. The molecule has 0 unspecified atom stereocenters. The highest BCUT2D eigenvalue weighted by molar-refractivity contribution is 5.84. The number of aliphatic carboxylic acids is 1. The van der Waals surface area contributed by atoms with Gasteiger partial charge in [-0.3, -0.25) is 9.78 Å². The van der Waals surface area contributed by atoms with Gasteiger partial charge in [0.25, 0.3) is 0 Å². The molecule has 0 spiro atoms. The highest BCUT2D eigenvalue weighted by atomic mass is 19.1. The van der Waals surface area contributed by atoms with Crippen molar-refractivity contribution in [2.24, 2.45) is 5.41 Å². The Labute approximate surface area is 225 Å². The molecule has 3 aromatic rings. The number of aryl methyl sites for hydroxylation is 1. The zero-order chi connectivity index (χ0) is 28.0. The SMILES string of the molecule is COc1ccc2ncc(CO)c(CCCC3(CC(=O)O)CCN(CCNc4c(F)cc(F)cc4F)CC3)c2c1. The predicted molar refractivity (Wildman–Crippen MR) is 142 cm³/mol. The Hall–Kier alpha value is -3.37. The third kappa shape index (κ3) is 6.99. The minimum Gasteiger partial charge on any atom is -0.497 e. The second-order valence-corrected chi connectivity index (χ2v) is 10.2. The minimum atomic E-state index is -0.976. The number of methoxy groups -OCH3 is 1. The molecule has 1 aromatic heterocycles. The summed E-state index contributed by atoms with van der Waals surface area (Å²) < 4.78 is 46.3. The molecule has 0 bridgehead atoms. The van der Waals surface area contributed by atoms with Crippen molar-refractivity contribution in [1.82, 2.24) is 9.88 Å². The van der Waals surface area contributed by atoms with Crippen molar-refractivity contribution in [3.05, 3.63) is 65.1 Å². The van der Waals surface area contributed by atoms with Crippen molar-refractivity contribution in [3.63, 3.8) is 0 Å². The molecule has 1 fully saturated rings. The van der Waals surface area contributed by atoms with Crippen LogP contribution in [-0.4, -0.2) is 59.4 Å². The Balaban J connectivity index is 1.37. The zero-order valence-electron chi connectivity index (χ0n) is 22.0. The second-order valence-electron chi connectivity index (χ2n) is 10.2. The van der Waals surface area contributed by atoms with E-state index in [9.17, 15) is 28.2 Å². The van der Waals surface area contributed by atoms with Gasteiger partial charge in [-0.2, -0.15) is 0 Å². The third-order valence-electron chi connectivity index (χ3n) is 7.76. The minimum absolute atomic E-state index is 0.0723. The molecule has 1 aliphatic rings. The molecule has 0 aliphatic carbocycles. The van der Waals surface area contributed by atoms with Crippen LogP contribution in [0.1, 0.15) is 43.2 Å². The number of benzene rings is 2. The Morgan fingerprint density at radius 2 is 1.87 bits per heavy atom. The van der Waals surface area contributed by atoms with E-state index in [1.165, 1.54) is 0 Å². The number of aromatic nitrogens is 1. The molecular formula is C29H34F3N3O4. The highest BCUT2D eigenvalue weighted by Crippen LogP contribution is 2.40. The Morgan fingerprint density at radius 3 is 2.51 bits per heavy atom. The fourth-order valence-electron chi connectivity index (χ4n) is 5.60. The monoisotopic (exact) mass is 545 g/mol. The van der Waals surface area contributed by atoms with Crippen molar-refractivity contribution in [2.75, 3.05) is 38.6 Å². The van der Waals surface area contributed by atoms with E-state index in [1.54, 1.807) is 13.3 Å². The van der Waals surface area contributed by atoms with Crippen LogP contribution >= 0.6 is 0 Å². The summed E-state index contributed by atoms with van der Waals surface area (Å²) in [5.41, 5.74) is 1.85. The van der Waals surface area contributed by atoms with Gasteiger partial charge in [0.1, 0.15) is 17.3 Å². The summed E-state index contributed by atoms with van der Waals surface area (Å²) in [4.78, 5) is 18.4. The summed E-state index contributed by atoms with van der Waals surface area (Å²) in [5, 5.41) is 23.2. The van der Waals surface area contributed by atoms with Crippen LogP contribution in [0.3, 0.4) is 0 Å². The van der Waals surface area contributed by atoms with Gasteiger partial charge in [0, 0.05) is 36.8 Å². The normalized spacial score (nSPS) is 15.4. The molecule has 39 heavy (non-hydrogen) atoms. The molecule has 10 heteroatoms. The van der Waals surface area contributed by atoms with Crippen LogP contribution < -0.4 is 10.1 Å². The largest absolute Gasteiger partial charge is 0.497 e. The number of hydrogen-bond acceptors (Lipinski definition) is 6. The molecular weight excluding hydrogens is 511 g/mol. The van der Waals surface area contributed by atoms with Crippen LogP contribution in [-0.2, 0) is 17.8 Å². The van der Waals surface area contributed by atoms with Crippen LogP contribution in [0.4, 0.5) is 18.9 Å². The highest BCUT2D eigenvalue weighted by Gasteiger charge is 2.36. The summed E-state index contributed by atoms with van der Waals surface area (Å²) in [5.74, 6) is -3.05. The molecule has 4 rings (SSSR count). The quantitative estimate of drug-likeness (QED) is 0.290. The van der Waals surface area contributed by atoms with E-state index in [0.29, 0.717) is 56.8 Å². The number of rotatable bonds is 12. The number of nitrogens with one attached hydrogen (secondary N) is 1. The number of aliphatic hydroxyl groups excluding tert-OH is 1. The predicted octanol–water partition coefficient (Wildman–Crippen LogP) is 5.14. The van der Waals surface area contributed by atoms with Gasteiger partial charge >= 0.3 is 5.97 Å². The molecule has 1 saturated heterocycles. The second kappa shape index (κ2) is 12.7. The topological polar surface area (TPSA) is 94.9 Å². The molecule has 2 heterocycles. The van der Waals surface area contributed by atoms with Gasteiger partial charge in [-0.15, -0.1) is 0 Å². The number of ether oxygens (including phenoxy) is 1. The number of piperidine rings is 1. The number of anilines is 1. The van der Waals surface area contributed by atoms with Crippen LogP contribution in [0.2, 0.25) is 0 Å². The van der Waals surface area contributed by atoms with Crippen LogP contribution in [0, 0.1) is 22.9 Å². The summed E-state index contributed by atoms with van der Waals surface area (Å²) in [6, 6.07) is 6.92. The van der Waals surface area contributed by atoms with Crippen molar-refractivity contribution in [3.8, 4) is 5.75 Å². The number of likely N-dealkylation sites (tertiary alicyclic amines) is 1. The number of carboxylic acid groups (broad SMARTS) is 1. The van der Waals surface area contributed by atoms with E-state index >= 15 is 0 Å². The van der Waals surface area contributed by atoms with Gasteiger partial charge in [-0.05, 0) is 79.9 Å². The van der Waals surface area contributed by atoms with E-state index in [0.717, 1.165) is 34.9 Å². The fourth-order valence-corrected chi connectivity index (χ4v) is 5.60. The van der Waals surface area contributed by atoms with Crippen molar-refractivity contribution >= 4 is 22.6 Å². The first-order valence-electron chi connectivity index (χ1n) is 13.1. The van der Waals surface area contributed by atoms with E-state index in [2.05, 4.69) is 15.2 Å². The van der Waals surface area contributed by atoms with Gasteiger partial charge < -0.3 is 25.2 Å². The Bertz CT molecular complexity index is 1280. The molecule has 0 atom stereocenters. The van der Waals surface area contributed by atoms with Gasteiger partial charge in [0.15, 0.2) is 11.6 Å². The van der Waals surface area contributed by atoms with Crippen LogP contribution in [0.5, 0.6) is 5.75 Å². The summed E-state index contributed by atoms with van der Waals surface area (Å²) in [6.07, 6.45) is 5.28. The number of pyridine rings is 1. The lowest BCUT2D eigenvalue weighted by Crippen LogP contribution is -2.43. The number of hydrogen-bond donors (Lipinski definition) is 3. The first-order valence-corrected chi connectivity index (χ1v) is 13.1. The van der Waals surface area contributed by atoms with Gasteiger partial charge in [0.05, 0.1) is 25.7 Å². The first kappa shape index (κ1) is 28.6. The Kier molecular flexibility index (Phi) is 9.29. The lowest BCUT2D eigenvalue weighted by molar-refractivity contribution is -0.140. The standard InChI is InChI=1S/C29H34F3N3O4/c1-39-21-4-5-26-23(15-21)22(19(18-36)17-34-26)3-2-6-29(16-27(37)38)7-10-35(11-8-29)12-9-33-28-24(31)13-20(30)14-25(28)32/h4-5,13-15,17,33,36H,2-3,6-12,16,18H2,1H3,(H,37,38). The smallest absolute Gasteiger partial charge is 0.303 e. The Morgan fingerprint density at radius 1 is 1.15 bits per heavy atom.